The smallest absolute Gasteiger partial charge is 0.192 e. The average molecular weight is 395 g/mol. The molecule has 0 aromatic rings. The molecular weight excluding hydrogens is 352 g/mol. The summed E-state index contributed by atoms with van der Waals surface area (Å²) >= 11 is 0. The van der Waals surface area contributed by atoms with Crippen LogP contribution in [0.25, 0.3) is 0 Å². The van der Waals surface area contributed by atoms with Gasteiger partial charge in [-0.15, -0.1) is 0 Å². The Morgan fingerprint density at radius 2 is 1.19 bits per heavy atom. The first-order chi connectivity index (χ1) is 11.5. The van der Waals surface area contributed by atoms with Gasteiger partial charge in [-0.25, -0.2) is 0 Å². The highest BCUT2D eigenvalue weighted by Crippen LogP contribution is 2.44. The topological polar surface area (TPSA) is 18.5 Å². The minimum atomic E-state index is -1.87. The zero-order valence-corrected chi connectivity index (χ0v) is 21.0. The van der Waals surface area contributed by atoms with Crippen molar-refractivity contribution in [1.29, 1.82) is 0 Å². The maximum absolute atomic E-state index is 6.76. The summed E-state index contributed by atoms with van der Waals surface area (Å²) in [5.74, 6) is 0. The molecule has 4 heteroatoms. The molecule has 26 heavy (non-hydrogen) atoms. The van der Waals surface area contributed by atoms with Crippen LogP contribution in [0.5, 0.6) is 0 Å². The van der Waals surface area contributed by atoms with E-state index in [2.05, 4.69) is 87.0 Å². The second kappa shape index (κ2) is 7.90. The van der Waals surface area contributed by atoms with Crippen molar-refractivity contribution in [3.8, 4) is 0 Å². The van der Waals surface area contributed by atoms with E-state index in [4.69, 9.17) is 8.85 Å². The third-order valence-corrected chi connectivity index (χ3v) is 15.5. The lowest BCUT2D eigenvalue weighted by atomic mass is 9.86. The first-order valence-corrected chi connectivity index (χ1v) is 15.7. The largest absolute Gasteiger partial charge is 0.410 e. The van der Waals surface area contributed by atoms with Gasteiger partial charge in [-0.05, 0) is 54.7 Å². The Hall–Kier alpha value is -0.426. The molecule has 1 rings (SSSR count). The van der Waals surface area contributed by atoms with Crippen LogP contribution in [-0.4, -0.2) is 28.8 Å². The van der Waals surface area contributed by atoms with Crippen LogP contribution in [0.15, 0.2) is 36.5 Å². The van der Waals surface area contributed by atoms with Gasteiger partial charge in [0.2, 0.25) is 0 Å². The van der Waals surface area contributed by atoms with Crippen LogP contribution in [0.1, 0.15) is 54.4 Å². The summed E-state index contributed by atoms with van der Waals surface area (Å²) in [6, 6.07) is 0. The number of rotatable bonds is 5. The molecule has 1 saturated carbocycles. The minimum Gasteiger partial charge on any atom is -0.410 e. The predicted octanol–water partition coefficient (Wildman–Crippen LogP) is 7.23. The van der Waals surface area contributed by atoms with E-state index in [1.54, 1.807) is 0 Å². The molecular formula is C22H42O2Si2. The second-order valence-electron chi connectivity index (χ2n) is 10.8. The Bertz CT molecular complexity index is 518. The molecule has 0 radical (unpaired) electrons. The molecule has 1 aliphatic rings. The van der Waals surface area contributed by atoms with Crippen LogP contribution >= 0.6 is 0 Å². The van der Waals surface area contributed by atoms with E-state index in [0.29, 0.717) is 0 Å². The normalized spacial score (nSPS) is 24.8. The van der Waals surface area contributed by atoms with Gasteiger partial charge in [-0.3, -0.25) is 0 Å². The third-order valence-electron chi connectivity index (χ3n) is 6.56. The fourth-order valence-corrected chi connectivity index (χ4v) is 5.23. The van der Waals surface area contributed by atoms with Crippen molar-refractivity contribution in [2.45, 2.75) is 103 Å². The summed E-state index contributed by atoms with van der Waals surface area (Å²) in [5, 5.41) is 0.367. The zero-order chi connectivity index (χ0) is 20.6. The van der Waals surface area contributed by atoms with Gasteiger partial charge in [0, 0.05) is 0 Å². The lowest BCUT2D eigenvalue weighted by molar-refractivity contribution is 0.132. The van der Waals surface area contributed by atoms with E-state index in [1.807, 2.05) is 6.08 Å². The molecule has 0 N–H and O–H groups in total. The molecule has 0 aromatic heterocycles. The van der Waals surface area contributed by atoms with Crippen LogP contribution < -0.4 is 0 Å². The molecule has 0 bridgehead atoms. The Morgan fingerprint density at radius 3 is 1.46 bits per heavy atom. The maximum atomic E-state index is 6.76. The van der Waals surface area contributed by atoms with Crippen molar-refractivity contribution in [2.24, 2.45) is 0 Å². The molecule has 0 saturated heterocycles. The van der Waals surface area contributed by atoms with Crippen LogP contribution in [0, 0.1) is 0 Å². The van der Waals surface area contributed by atoms with E-state index in [-0.39, 0.29) is 22.3 Å². The van der Waals surface area contributed by atoms with Crippen molar-refractivity contribution < 1.29 is 8.85 Å². The number of hydrogen-bond donors (Lipinski definition) is 0. The second-order valence-corrected chi connectivity index (χ2v) is 20.3. The SMILES string of the molecule is C=CC=C1CC(O[Si](C)(C)C(C)(C)C)C(=C)[C@H](O[Si](C)(C)C(C)(C)C)C1. The highest BCUT2D eigenvalue weighted by atomic mass is 28.4. The lowest BCUT2D eigenvalue weighted by Crippen LogP contribution is -2.49. The summed E-state index contributed by atoms with van der Waals surface area (Å²) in [7, 11) is -3.74. The summed E-state index contributed by atoms with van der Waals surface area (Å²) in [5.41, 5.74) is 2.49. The fourth-order valence-electron chi connectivity index (χ4n) is 2.63. The Morgan fingerprint density at radius 1 is 0.846 bits per heavy atom. The van der Waals surface area contributed by atoms with Gasteiger partial charge in [-0.2, -0.15) is 0 Å². The molecule has 0 aromatic carbocycles. The highest BCUT2D eigenvalue weighted by Gasteiger charge is 2.44. The summed E-state index contributed by atoms with van der Waals surface area (Å²) in [6.07, 6.45) is 5.94. The van der Waals surface area contributed by atoms with Crippen molar-refractivity contribution >= 4 is 16.6 Å². The van der Waals surface area contributed by atoms with E-state index >= 15 is 0 Å². The first kappa shape index (κ1) is 23.6. The van der Waals surface area contributed by atoms with Gasteiger partial charge < -0.3 is 8.85 Å². The molecule has 1 aliphatic carbocycles. The van der Waals surface area contributed by atoms with Crippen molar-refractivity contribution in [1.82, 2.24) is 0 Å². The molecule has 2 atom stereocenters. The van der Waals surface area contributed by atoms with E-state index < -0.39 is 16.6 Å². The molecule has 0 aliphatic heterocycles. The minimum absolute atomic E-state index is 0.0469. The monoisotopic (exact) mass is 394 g/mol. The van der Waals surface area contributed by atoms with Gasteiger partial charge in [0.05, 0.1) is 12.2 Å². The van der Waals surface area contributed by atoms with Crippen molar-refractivity contribution in [3.05, 3.63) is 36.5 Å². The van der Waals surface area contributed by atoms with E-state index in [0.717, 1.165) is 18.4 Å². The Balaban J connectivity index is 3.12. The van der Waals surface area contributed by atoms with E-state index in [1.165, 1.54) is 5.57 Å². The Kier molecular flexibility index (Phi) is 7.18. The van der Waals surface area contributed by atoms with Crippen molar-refractivity contribution in [2.75, 3.05) is 0 Å². The van der Waals surface area contributed by atoms with Crippen LogP contribution in [-0.2, 0) is 8.85 Å². The molecule has 2 nitrogen and oxygen atoms in total. The average Bonchev–Trinajstić information content (AvgIpc) is 2.41. The number of allylic oxidation sites excluding steroid dienone is 2. The fraction of sp³-hybridized carbons (Fsp3) is 0.727. The van der Waals surface area contributed by atoms with Gasteiger partial charge >= 0.3 is 0 Å². The van der Waals surface area contributed by atoms with Crippen LogP contribution in [0.4, 0.5) is 0 Å². The number of hydrogen-bond acceptors (Lipinski definition) is 2. The standard InChI is InChI=1S/C22H42O2Si2/c1-13-14-18-15-19(23-25(9,10)21(3,4)5)17(2)20(16-18)24-26(11,12)22(6,7)8/h13-14,19-20H,1-2,15-16H2,3-12H3/t19-,20?/m1/s1. The van der Waals surface area contributed by atoms with Gasteiger partial charge in [-0.1, -0.05) is 72.4 Å². The van der Waals surface area contributed by atoms with Gasteiger partial charge in [0.25, 0.3) is 0 Å². The Labute approximate surface area is 165 Å². The summed E-state index contributed by atoms with van der Waals surface area (Å²) < 4.78 is 13.5. The van der Waals surface area contributed by atoms with Gasteiger partial charge in [0.1, 0.15) is 0 Å². The molecule has 150 valence electrons. The van der Waals surface area contributed by atoms with Crippen LogP contribution in [0.3, 0.4) is 0 Å². The third kappa shape index (κ3) is 5.54. The molecule has 1 fully saturated rings. The maximum Gasteiger partial charge on any atom is 0.192 e. The highest BCUT2D eigenvalue weighted by molar-refractivity contribution is 6.74. The quantitative estimate of drug-likeness (QED) is 0.361. The summed E-state index contributed by atoms with van der Waals surface area (Å²) in [4.78, 5) is 0. The van der Waals surface area contributed by atoms with E-state index in [9.17, 15) is 0 Å². The lowest BCUT2D eigenvalue weighted by Gasteiger charge is -2.46. The van der Waals surface area contributed by atoms with Crippen molar-refractivity contribution in [3.63, 3.8) is 0 Å². The molecule has 1 unspecified atom stereocenters. The van der Waals surface area contributed by atoms with Crippen LogP contribution in [0.2, 0.25) is 36.3 Å². The molecule has 0 heterocycles. The first-order valence-electron chi connectivity index (χ1n) is 9.86. The van der Waals surface area contributed by atoms with Gasteiger partial charge in [0.15, 0.2) is 16.6 Å². The predicted molar refractivity (Wildman–Crippen MR) is 121 cm³/mol. The zero-order valence-electron chi connectivity index (χ0n) is 19.0. The molecule has 0 amide bonds. The summed E-state index contributed by atoms with van der Waals surface area (Å²) in [6.45, 7) is 31.3. The molecule has 0 spiro atoms.